The van der Waals surface area contributed by atoms with Crippen LogP contribution in [0.15, 0.2) is 48.1 Å². The lowest BCUT2D eigenvalue weighted by Crippen LogP contribution is -2.43. The molecule has 4 heterocycles. The molecule has 0 N–H and O–H groups in total. The van der Waals surface area contributed by atoms with E-state index < -0.39 is 23.8 Å². The Kier molecular flexibility index (Phi) is 5.99. The number of aryl methyl sites for hydroxylation is 1. The van der Waals surface area contributed by atoms with Crippen LogP contribution in [0.3, 0.4) is 0 Å². The molecule has 4 aromatic rings. The molecule has 1 amide bonds. The van der Waals surface area contributed by atoms with Gasteiger partial charge in [-0.3, -0.25) is 14.2 Å². The summed E-state index contributed by atoms with van der Waals surface area (Å²) in [4.78, 5) is 24.5. The van der Waals surface area contributed by atoms with Crippen molar-refractivity contribution in [3.63, 3.8) is 0 Å². The smallest absolute Gasteiger partial charge is 0.263 e. The van der Waals surface area contributed by atoms with E-state index in [2.05, 4.69) is 9.97 Å². The fourth-order valence-electron chi connectivity index (χ4n) is 4.35. The molecule has 1 unspecified atom stereocenters. The lowest BCUT2D eigenvalue weighted by Gasteiger charge is -2.36. The monoisotopic (exact) mass is 486 g/mol. The van der Waals surface area contributed by atoms with Crippen molar-refractivity contribution in [3.8, 4) is 5.75 Å². The van der Waals surface area contributed by atoms with Gasteiger partial charge in [0, 0.05) is 41.9 Å². The van der Waals surface area contributed by atoms with Crippen molar-refractivity contribution in [3.05, 3.63) is 82.1 Å². The Morgan fingerprint density at radius 2 is 2.18 bits per heavy atom. The molecule has 1 aliphatic rings. The first-order valence-electron chi connectivity index (χ1n) is 10.9. The van der Waals surface area contributed by atoms with E-state index in [9.17, 15) is 13.6 Å². The second-order valence-corrected chi connectivity index (χ2v) is 8.78. The average Bonchev–Trinajstić information content (AvgIpc) is 3.43. The van der Waals surface area contributed by atoms with Gasteiger partial charge in [0.15, 0.2) is 11.6 Å². The second kappa shape index (κ2) is 9.09. The van der Waals surface area contributed by atoms with Crippen molar-refractivity contribution in [2.24, 2.45) is 0 Å². The number of halogens is 3. The van der Waals surface area contributed by atoms with Crippen LogP contribution >= 0.6 is 11.3 Å². The highest BCUT2D eigenvalue weighted by Gasteiger charge is 2.37. The predicted molar refractivity (Wildman–Crippen MR) is 121 cm³/mol. The maximum atomic E-state index is 15.2. The fraction of sp³-hybridized carbons (Fsp3) is 0.292. The maximum absolute atomic E-state index is 15.2. The van der Waals surface area contributed by atoms with Crippen LogP contribution in [0.4, 0.5) is 13.2 Å². The van der Waals surface area contributed by atoms with Gasteiger partial charge in [0.1, 0.15) is 17.6 Å². The van der Waals surface area contributed by atoms with Crippen LogP contribution in [0, 0.1) is 5.82 Å². The normalized spacial score (nSPS) is 15.7. The number of nitrogens with zero attached hydrogens (tertiary/aromatic N) is 4. The van der Waals surface area contributed by atoms with E-state index in [0.29, 0.717) is 30.8 Å². The number of fused-ring (bicyclic) bond motifs is 3. The maximum Gasteiger partial charge on any atom is 0.263 e. The summed E-state index contributed by atoms with van der Waals surface area (Å²) in [6.45, 7) is 1.98. The molecule has 1 aliphatic heterocycles. The van der Waals surface area contributed by atoms with E-state index in [1.807, 2.05) is 22.9 Å². The van der Waals surface area contributed by atoms with Gasteiger partial charge in [-0.25, -0.2) is 18.2 Å². The van der Waals surface area contributed by atoms with Crippen LogP contribution in [0.5, 0.6) is 5.75 Å². The van der Waals surface area contributed by atoms with Crippen LogP contribution in [0.1, 0.15) is 47.6 Å². The number of carbonyl (C=O) groups excluding carboxylic acids is 1. The molecule has 10 heteroatoms. The minimum atomic E-state index is -2.79. The van der Waals surface area contributed by atoms with E-state index in [1.165, 1.54) is 28.4 Å². The highest BCUT2D eigenvalue weighted by molar-refractivity contribution is 7.15. The quantitative estimate of drug-likeness (QED) is 0.386. The van der Waals surface area contributed by atoms with Crippen LogP contribution < -0.4 is 4.74 Å². The van der Waals surface area contributed by atoms with Crippen molar-refractivity contribution in [1.29, 1.82) is 0 Å². The first-order chi connectivity index (χ1) is 16.5. The van der Waals surface area contributed by atoms with Crippen molar-refractivity contribution in [1.82, 2.24) is 19.3 Å². The summed E-state index contributed by atoms with van der Waals surface area (Å²) >= 11 is 1.43. The molecule has 34 heavy (non-hydrogen) atoms. The molecule has 0 bridgehead atoms. The third kappa shape index (κ3) is 3.91. The van der Waals surface area contributed by atoms with Gasteiger partial charge < -0.3 is 9.64 Å². The zero-order valence-electron chi connectivity index (χ0n) is 18.2. The Morgan fingerprint density at radius 3 is 2.94 bits per heavy atom. The van der Waals surface area contributed by atoms with Crippen LogP contribution in [-0.4, -0.2) is 38.3 Å². The van der Waals surface area contributed by atoms with Gasteiger partial charge in [0.25, 0.3) is 12.3 Å². The third-order valence-corrected chi connectivity index (χ3v) is 6.72. The Morgan fingerprint density at radius 1 is 1.32 bits per heavy atom. The average molecular weight is 487 g/mol. The molecule has 5 rings (SSSR count). The number of carbonyl (C=O) groups is 1. The number of rotatable bonds is 6. The molecule has 176 valence electrons. The van der Waals surface area contributed by atoms with Crippen LogP contribution in [0.2, 0.25) is 0 Å². The number of hydrogen-bond acceptors (Lipinski definition) is 5. The minimum Gasteiger partial charge on any atom is -0.482 e. The highest BCUT2D eigenvalue weighted by Crippen LogP contribution is 2.38. The molecule has 0 spiro atoms. The predicted octanol–water partition coefficient (Wildman–Crippen LogP) is 4.98. The third-order valence-electron chi connectivity index (χ3n) is 5.96. The molecular formula is C24H21F3N4O2S. The van der Waals surface area contributed by atoms with Gasteiger partial charge >= 0.3 is 0 Å². The molecule has 3 aromatic heterocycles. The fourth-order valence-corrected chi connectivity index (χ4v) is 5.09. The molecule has 0 fully saturated rings. The Bertz CT molecular complexity index is 1350. The van der Waals surface area contributed by atoms with Crippen molar-refractivity contribution in [2.75, 3.05) is 13.2 Å². The lowest BCUT2D eigenvalue weighted by molar-refractivity contribution is -0.135. The zero-order valence-corrected chi connectivity index (χ0v) is 19.1. The van der Waals surface area contributed by atoms with Gasteiger partial charge in [0.2, 0.25) is 0 Å². The first kappa shape index (κ1) is 22.4. The molecule has 6 nitrogen and oxygen atoms in total. The summed E-state index contributed by atoms with van der Waals surface area (Å²) in [6.07, 6.45) is 1.83. The molecule has 0 saturated heterocycles. The topological polar surface area (TPSA) is 59.7 Å². The summed E-state index contributed by atoms with van der Waals surface area (Å²) < 4.78 is 49.1. The van der Waals surface area contributed by atoms with E-state index >= 15 is 4.39 Å². The summed E-state index contributed by atoms with van der Waals surface area (Å²) in [6, 6.07) is 6.03. The van der Waals surface area contributed by atoms with E-state index in [0.717, 1.165) is 22.4 Å². The number of ether oxygens (including phenoxy) is 1. The van der Waals surface area contributed by atoms with Gasteiger partial charge in [-0.1, -0.05) is 19.1 Å². The minimum absolute atomic E-state index is 0.141. The standard InChI is InChI=1S/C24H21F3N4O2S/c1-2-17-19(4-3-8-28-17)33-13-20(32)30-9-7-18-22(31-10-11-34-24(31)29-18)21(30)15-6-5-14(23(26)27)12-16(15)25/h3-6,8,10-12,21,23H,2,7,9,13H2,1H3. The Balaban J connectivity index is 1.52. The number of benzene rings is 1. The number of amides is 1. The van der Waals surface area contributed by atoms with E-state index in [-0.39, 0.29) is 18.1 Å². The highest BCUT2D eigenvalue weighted by atomic mass is 32.1. The van der Waals surface area contributed by atoms with Crippen molar-refractivity contribution >= 4 is 22.2 Å². The lowest BCUT2D eigenvalue weighted by atomic mass is 9.94. The van der Waals surface area contributed by atoms with Crippen molar-refractivity contribution < 1.29 is 22.7 Å². The Labute approximate surface area is 197 Å². The summed E-state index contributed by atoms with van der Waals surface area (Å²) in [5.41, 5.74) is 1.89. The van der Waals surface area contributed by atoms with Gasteiger partial charge in [0.05, 0.1) is 17.1 Å². The summed E-state index contributed by atoms with van der Waals surface area (Å²) in [5, 5.41) is 1.86. The van der Waals surface area contributed by atoms with E-state index in [4.69, 9.17) is 4.74 Å². The number of pyridine rings is 1. The zero-order chi connectivity index (χ0) is 23.8. The number of alkyl halides is 2. The van der Waals surface area contributed by atoms with Crippen LogP contribution in [0.25, 0.3) is 4.96 Å². The SMILES string of the molecule is CCc1ncccc1OCC(=O)N1CCc2nc3sccn3c2C1c1ccc(C(F)F)cc1F. The summed E-state index contributed by atoms with van der Waals surface area (Å²) in [5.74, 6) is -0.617. The molecule has 0 saturated carbocycles. The van der Waals surface area contributed by atoms with Gasteiger partial charge in [-0.2, -0.15) is 0 Å². The molecule has 0 aliphatic carbocycles. The number of hydrogen-bond donors (Lipinski definition) is 0. The van der Waals surface area contributed by atoms with Gasteiger partial charge in [-0.05, 0) is 24.6 Å². The Hall–Kier alpha value is -3.40. The molecule has 1 atom stereocenters. The largest absolute Gasteiger partial charge is 0.482 e. The second-order valence-electron chi connectivity index (χ2n) is 7.91. The summed E-state index contributed by atoms with van der Waals surface area (Å²) in [7, 11) is 0. The number of thiazole rings is 1. The van der Waals surface area contributed by atoms with Crippen LogP contribution in [-0.2, 0) is 17.6 Å². The van der Waals surface area contributed by atoms with E-state index in [1.54, 1.807) is 18.3 Å². The first-order valence-corrected chi connectivity index (χ1v) is 11.7. The molecular weight excluding hydrogens is 465 g/mol. The molecule has 0 radical (unpaired) electrons. The van der Waals surface area contributed by atoms with Gasteiger partial charge in [-0.15, -0.1) is 11.3 Å². The number of imidazole rings is 1. The number of aromatic nitrogens is 3. The molecule has 1 aromatic carbocycles. The van der Waals surface area contributed by atoms with Crippen molar-refractivity contribution in [2.45, 2.75) is 32.2 Å².